The SMILES string of the molecule is O=C(NCCCn1cccc1)c1ccccc1Oc1ccccc1. The number of aromatic nitrogens is 1. The lowest BCUT2D eigenvalue weighted by Crippen LogP contribution is -2.25. The Labute approximate surface area is 141 Å². The van der Waals surface area contributed by atoms with Crippen LogP contribution in [0, 0.1) is 0 Å². The Hall–Kier alpha value is -3.01. The van der Waals surface area contributed by atoms with Crippen molar-refractivity contribution in [2.45, 2.75) is 13.0 Å². The summed E-state index contributed by atoms with van der Waals surface area (Å²) in [6.45, 7) is 1.51. The van der Waals surface area contributed by atoms with Gasteiger partial charge in [-0.3, -0.25) is 4.79 Å². The van der Waals surface area contributed by atoms with Gasteiger partial charge in [-0.25, -0.2) is 0 Å². The van der Waals surface area contributed by atoms with Gasteiger partial charge in [0.05, 0.1) is 5.56 Å². The molecule has 0 saturated carbocycles. The van der Waals surface area contributed by atoms with E-state index in [2.05, 4.69) is 9.88 Å². The first-order valence-electron chi connectivity index (χ1n) is 8.04. The molecule has 0 saturated heterocycles. The minimum atomic E-state index is -0.117. The van der Waals surface area contributed by atoms with E-state index in [0.717, 1.165) is 13.0 Å². The van der Waals surface area contributed by atoms with Crippen LogP contribution in [-0.4, -0.2) is 17.0 Å². The Balaban J connectivity index is 1.58. The fraction of sp³-hybridized carbons (Fsp3) is 0.150. The summed E-state index contributed by atoms with van der Waals surface area (Å²) in [5.41, 5.74) is 0.544. The lowest BCUT2D eigenvalue weighted by molar-refractivity contribution is 0.0950. The Morgan fingerprint density at radius 3 is 2.42 bits per heavy atom. The van der Waals surface area contributed by atoms with Gasteiger partial charge < -0.3 is 14.6 Å². The van der Waals surface area contributed by atoms with E-state index in [1.54, 1.807) is 6.07 Å². The van der Waals surface area contributed by atoms with Crippen LogP contribution in [0.4, 0.5) is 0 Å². The number of nitrogens with zero attached hydrogens (tertiary/aromatic N) is 1. The second-order valence-corrected chi connectivity index (χ2v) is 5.44. The van der Waals surface area contributed by atoms with Crippen molar-refractivity contribution in [3.8, 4) is 11.5 Å². The zero-order valence-corrected chi connectivity index (χ0v) is 13.4. The first-order valence-corrected chi connectivity index (χ1v) is 8.04. The van der Waals surface area contributed by atoms with E-state index in [9.17, 15) is 4.79 Å². The molecule has 2 aromatic carbocycles. The van der Waals surface area contributed by atoms with Gasteiger partial charge in [0.25, 0.3) is 5.91 Å². The quantitative estimate of drug-likeness (QED) is 0.666. The predicted octanol–water partition coefficient (Wildman–Crippen LogP) is 4.10. The summed E-state index contributed by atoms with van der Waals surface area (Å²) in [5, 5.41) is 2.96. The zero-order valence-electron chi connectivity index (χ0n) is 13.4. The number of hydrogen-bond donors (Lipinski definition) is 1. The number of aryl methyl sites for hydroxylation is 1. The second kappa shape index (κ2) is 8.02. The van der Waals surface area contributed by atoms with Crippen molar-refractivity contribution >= 4 is 5.91 Å². The van der Waals surface area contributed by atoms with Crippen molar-refractivity contribution in [3.63, 3.8) is 0 Å². The third-order valence-corrected chi connectivity index (χ3v) is 3.65. The first kappa shape index (κ1) is 15.9. The predicted molar refractivity (Wildman–Crippen MR) is 94.3 cm³/mol. The fourth-order valence-corrected chi connectivity index (χ4v) is 2.44. The molecule has 1 heterocycles. The Morgan fingerprint density at radius 1 is 0.917 bits per heavy atom. The molecule has 3 aromatic rings. The highest BCUT2D eigenvalue weighted by Crippen LogP contribution is 2.24. The number of carbonyl (C=O) groups is 1. The topological polar surface area (TPSA) is 43.3 Å². The number of benzene rings is 2. The number of ether oxygens (including phenoxy) is 1. The number of amides is 1. The van der Waals surface area contributed by atoms with Crippen molar-refractivity contribution in [2.24, 2.45) is 0 Å². The van der Waals surface area contributed by atoms with E-state index >= 15 is 0 Å². The summed E-state index contributed by atoms with van der Waals surface area (Å²) < 4.78 is 7.93. The molecule has 122 valence electrons. The van der Waals surface area contributed by atoms with Crippen LogP contribution < -0.4 is 10.1 Å². The summed E-state index contributed by atoms with van der Waals surface area (Å²) in [4.78, 5) is 12.4. The maximum Gasteiger partial charge on any atom is 0.255 e. The molecule has 24 heavy (non-hydrogen) atoms. The van der Waals surface area contributed by atoms with Crippen molar-refractivity contribution < 1.29 is 9.53 Å². The number of carbonyl (C=O) groups excluding carboxylic acids is 1. The van der Waals surface area contributed by atoms with E-state index < -0.39 is 0 Å². The van der Waals surface area contributed by atoms with Gasteiger partial charge in [0.1, 0.15) is 11.5 Å². The molecule has 3 rings (SSSR count). The first-order chi connectivity index (χ1) is 11.8. The summed E-state index contributed by atoms with van der Waals surface area (Å²) in [6.07, 6.45) is 4.91. The van der Waals surface area contributed by atoms with Gasteiger partial charge >= 0.3 is 0 Å². The lowest BCUT2D eigenvalue weighted by atomic mass is 10.2. The van der Waals surface area contributed by atoms with E-state index in [0.29, 0.717) is 23.6 Å². The smallest absolute Gasteiger partial charge is 0.255 e. The second-order valence-electron chi connectivity index (χ2n) is 5.44. The van der Waals surface area contributed by atoms with Gasteiger partial charge in [-0.2, -0.15) is 0 Å². The third-order valence-electron chi connectivity index (χ3n) is 3.65. The molecular formula is C20H20N2O2. The summed E-state index contributed by atoms with van der Waals surface area (Å²) >= 11 is 0. The van der Waals surface area contributed by atoms with Gasteiger partial charge in [-0.05, 0) is 42.8 Å². The molecule has 0 spiro atoms. The highest BCUT2D eigenvalue weighted by atomic mass is 16.5. The van der Waals surface area contributed by atoms with Gasteiger partial charge in [-0.1, -0.05) is 30.3 Å². The maximum absolute atomic E-state index is 12.4. The molecule has 4 nitrogen and oxygen atoms in total. The van der Waals surface area contributed by atoms with Crippen molar-refractivity contribution in [1.82, 2.24) is 9.88 Å². The molecule has 4 heteroatoms. The molecule has 1 aromatic heterocycles. The van der Waals surface area contributed by atoms with E-state index in [1.807, 2.05) is 73.1 Å². The van der Waals surface area contributed by atoms with Crippen LogP contribution in [0.25, 0.3) is 0 Å². The van der Waals surface area contributed by atoms with Crippen LogP contribution in [0.5, 0.6) is 11.5 Å². The largest absolute Gasteiger partial charge is 0.457 e. The molecule has 0 aliphatic carbocycles. The number of nitrogens with one attached hydrogen (secondary N) is 1. The van der Waals surface area contributed by atoms with Gasteiger partial charge in [0, 0.05) is 25.5 Å². The van der Waals surface area contributed by atoms with Crippen LogP contribution in [0.2, 0.25) is 0 Å². The molecule has 1 N–H and O–H groups in total. The minimum absolute atomic E-state index is 0.117. The van der Waals surface area contributed by atoms with Crippen LogP contribution in [0.3, 0.4) is 0 Å². The Kier molecular flexibility index (Phi) is 5.30. The Bertz CT molecular complexity index is 767. The molecule has 1 amide bonds. The normalized spacial score (nSPS) is 10.3. The van der Waals surface area contributed by atoms with Crippen molar-refractivity contribution in [3.05, 3.63) is 84.7 Å². The van der Waals surface area contributed by atoms with E-state index in [1.165, 1.54) is 0 Å². The zero-order chi connectivity index (χ0) is 16.6. The molecule has 0 aliphatic heterocycles. The van der Waals surface area contributed by atoms with Gasteiger partial charge in [-0.15, -0.1) is 0 Å². The third kappa shape index (κ3) is 4.26. The van der Waals surface area contributed by atoms with Crippen LogP contribution in [-0.2, 0) is 6.54 Å². The van der Waals surface area contributed by atoms with Crippen LogP contribution in [0.1, 0.15) is 16.8 Å². The monoisotopic (exact) mass is 320 g/mol. The number of para-hydroxylation sites is 2. The average molecular weight is 320 g/mol. The van der Waals surface area contributed by atoms with Gasteiger partial charge in [0.15, 0.2) is 0 Å². The summed E-state index contributed by atoms with van der Waals surface area (Å²) in [5.74, 6) is 1.16. The number of rotatable bonds is 7. The highest BCUT2D eigenvalue weighted by Gasteiger charge is 2.12. The van der Waals surface area contributed by atoms with Crippen molar-refractivity contribution in [2.75, 3.05) is 6.54 Å². The molecule has 0 aliphatic rings. The van der Waals surface area contributed by atoms with E-state index in [4.69, 9.17) is 4.74 Å². The fourth-order valence-electron chi connectivity index (χ4n) is 2.44. The molecule has 0 fully saturated rings. The average Bonchev–Trinajstić information content (AvgIpc) is 3.13. The Morgan fingerprint density at radius 2 is 1.62 bits per heavy atom. The summed E-state index contributed by atoms with van der Waals surface area (Å²) in [6, 6.07) is 20.7. The molecule has 0 atom stereocenters. The van der Waals surface area contributed by atoms with Crippen LogP contribution in [0.15, 0.2) is 79.1 Å². The molecule has 0 bridgehead atoms. The van der Waals surface area contributed by atoms with Crippen LogP contribution >= 0.6 is 0 Å². The molecule has 0 unspecified atom stereocenters. The molecule has 0 radical (unpaired) electrons. The standard InChI is InChI=1S/C20H20N2O2/c23-20(21-13-8-16-22-14-6-7-15-22)18-11-4-5-12-19(18)24-17-9-2-1-3-10-17/h1-7,9-12,14-15H,8,13,16H2,(H,21,23). The summed E-state index contributed by atoms with van der Waals surface area (Å²) in [7, 11) is 0. The molecular weight excluding hydrogens is 300 g/mol. The number of hydrogen-bond acceptors (Lipinski definition) is 2. The minimum Gasteiger partial charge on any atom is -0.457 e. The highest BCUT2D eigenvalue weighted by molar-refractivity contribution is 5.96. The van der Waals surface area contributed by atoms with E-state index in [-0.39, 0.29) is 5.91 Å². The maximum atomic E-state index is 12.4. The van der Waals surface area contributed by atoms with Gasteiger partial charge in [0.2, 0.25) is 0 Å². The lowest BCUT2D eigenvalue weighted by Gasteiger charge is -2.11. The van der Waals surface area contributed by atoms with Crippen molar-refractivity contribution in [1.29, 1.82) is 0 Å².